The van der Waals surface area contributed by atoms with E-state index in [2.05, 4.69) is 0 Å². The molecule has 2 fully saturated rings. The fourth-order valence-corrected chi connectivity index (χ4v) is 3.11. The number of rotatable bonds is 3. The van der Waals surface area contributed by atoms with E-state index in [1.165, 1.54) is 7.11 Å². The number of fused-ring (bicyclic) bond motifs is 1. The summed E-state index contributed by atoms with van der Waals surface area (Å²) in [6.07, 6.45) is -1.94. The first kappa shape index (κ1) is 15.1. The summed E-state index contributed by atoms with van der Waals surface area (Å²) < 4.78 is 50.0. The molecule has 0 saturated carbocycles. The van der Waals surface area contributed by atoms with Crippen molar-refractivity contribution in [3.63, 3.8) is 0 Å². The Bertz CT molecular complexity index is 432. The first-order valence-corrected chi connectivity index (χ1v) is 7.87. The van der Waals surface area contributed by atoms with Gasteiger partial charge in [-0.25, -0.2) is 0 Å². The maximum atomic E-state index is 11.3. The molecule has 2 aliphatic rings. The second-order valence-corrected chi connectivity index (χ2v) is 6.88. The molecule has 2 heterocycles. The Morgan fingerprint density at radius 1 is 1.16 bits per heavy atom. The maximum absolute atomic E-state index is 11.3. The van der Waals surface area contributed by atoms with Gasteiger partial charge in [0.25, 0.3) is 10.1 Å². The van der Waals surface area contributed by atoms with Crippen LogP contribution in [0, 0.1) is 0 Å². The van der Waals surface area contributed by atoms with Crippen LogP contribution in [-0.4, -0.2) is 58.3 Å². The third kappa shape index (κ3) is 3.26. The zero-order valence-electron chi connectivity index (χ0n) is 11.7. The van der Waals surface area contributed by atoms with Gasteiger partial charge < -0.3 is 18.9 Å². The van der Waals surface area contributed by atoms with Crippen LogP contribution in [0.4, 0.5) is 0 Å². The maximum Gasteiger partial charge on any atom is 0.264 e. The minimum Gasteiger partial charge on any atom is -0.353 e. The highest BCUT2D eigenvalue weighted by atomic mass is 32.2. The van der Waals surface area contributed by atoms with Crippen LogP contribution in [0.2, 0.25) is 0 Å². The molecule has 0 aliphatic carbocycles. The normalized spacial score (nSPS) is 42.1. The predicted octanol–water partition coefficient (Wildman–Crippen LogP) is 0.243. The molecule has 0 radical (unpaired) electrons. The smallest absolute Gasteiger partial charge is 0.264 e. The van der Waals surface area contributed by atoms with E-state index < -0.39 is 46.6 Å². The van der Waals surface area contributed by atoms with Crippen molar-refractivity contribution in [2.24, 2.45) is 0 Å². The standard InChI is InChI=1S/C11H20O7S/c1-6-7(18-19(5,12)13)8-9(10(14-4)15-6)17-11(2,3)16-8/h6-10H,1-5H3. The highest BCUT2D eigenvalue weighted by molar-refractivity contribution is 7.86. The highest BCUT2D eigenvalue weighted by Crippen LogP contribution is 2.39. The average molecular weight is 296 g/mol. The number of ether oxygens (including phenoxy) is 4. The van der Waals surface area contributed by atoms with Gasteiger partial charge in [0.2, 0.25) is 0 Å². The molecule has 0 N–H and O–H groups in total. The van der Waals surface area contributed by atoms with Gasteiger partial charge in [-0.1, -0.05) is 0 Å². The molecule has 0 aromatic carbocycles. The zero-order valence-corrected chi connectivity index (χ0v) is 12.5. The monoisotopic (exact) mass is 296 g/mol. The lowest BCUT2D eigenvalue weighted by molar-refractivity contribution is -0.258. The molecule has 0 aromatic rings. The van der Waals surface area contributed by atoms with Crippen molar-refractivity contribution in [1.82, 2.24) is 0 Å². The van der Waals surface area contributed by atoms with Gasteiger partial charge in [0.05, 0.1) is 12.4 Å². The van der Waals surface area contributed by atoms with Gasteiger partial charge in [-0.3, -0.25) is 4.18 Å². The van der Waals surface area contributed by atoms with Crippen LogP contribution in [0.1, 0.15) is 20.8 Å². The molecule has 112 valence electrons. The Morgan fingerprint density at radius 3 is 2.26 bits per heavy atom. The van der Waals surface area contributed by atoms with E-state index in [9.17, 15) is 8.42 Å². The number of methoxy groups -OCH3 is 1. The van der Waals surface area contributed by atoms with Gasteiger partial charge in [0.1, 0.15) is 18.3 Å². The van der Waals surface area contributed by atoms with Gasteiger partial charge >= 0.3 is 0 Å². The summed E-state index contributed by atoms with van der Waals surface area (Å²) in [6.45, 7) is 5.22. The van der Waals surface area contributed by atoms with E-state index in [0.29, 0.717) is 0 Å². The number of hydrogen-bond donors (Lipinski definition) is 0. The Hall–Kier alpha value is -0.250. The summed E-state index contributed by atoms with van der Waals surface area (Å²) >= 11 is 0. The number of hydrogen-bond acceptors (Lipinski definition) is 7. The summed E-state index contributed by atoms with van der Waals surface area (Å²) in [7, 11) is -2.11. The molecule has 2 rings (SSSR count). The van der Waals surface area contributed by atoms with Crippen LogP contribution in [0.15, 0.2) is 0 Å². The van der Waals surface area contributed by atoms with Crippen LogP contribution >= 0.6 is 0 Å². The SMILES string of the molecule is COC1OC(C)C(OS(C)(=O)=O)C2OC(C)(C)OC12. The fraction of sp³-hybridized carbons (Fsp3) is 1.00. The first-order valence-electron chi connectivity index (χ1n) is 6.05. The molecule has 2 saturated heterocycles. The molecule has 0 spiro atoms. The lowest BCUT2D eigenvalue weighted by Gasteiger charge is -2.39. The van der Waals surface area contributed by atoms with Crippen molar-refractivity contribution in [2.45, 2.75) is 57.3 Å². The molecule has 8 heteroatoms. The minimum absolute atomic E-state index is 0.488. The topological polar surface area (TPSA) is 80.3 Å². The lowest BCUT2D eigenvalue weighted by atomic mass is 10.0. The van der Waals surface area contributed by atoms with Crippen LogP contribution in [-0.2, 0) is 33.2 Å². The van der Waals surface area contributed by atoms with Crippen molar-refractivity contribution in [2.75, 3.05) is 13.4 Å². The zero-order chi connectivity index (χ0) is 14.4. The molecular weight excluding hydrogens is 276 g/mol. The molecule has 0 aromatic heterocycles. The minimum atomic E-state index is -3.61. The van der Waals surface area contributed by atoms with Gasteiger partial charge in [0.15, 0.2) is 12.1 Å². The van der Waals surface area contributed by atoms with Crippen LogP contribution in [0.3, 0.4) is 0 Å². The molecule has 7 nitrogen and oxygen atoms in total. The van der Waals surface area contributed by atoms with Gasteiger partial charge in [0, 0.05) is 7.11 Å². The largest absolute Gasteiger partial charge is 0.353 e. The van der Waals surface area contributed by atoms with Gasteiger partial charge in [-0.15, -0.1) is 0 Å². The second-order valence-electron chi connectivity index (χ2n) is 5.28. The van der Waals surface area contributed by atoms with Crippen LogP contribution in [0.5, 0.6) is 0 Å². The molecule has 0 amide bonds. The van der Waals surface area contributed by atoms with Crippen molar-refractivity contribution in [1.29, 1.82) is 0 Å². The molecule has 0 bridgehead atoms. The van der Waals surface area contributed by atoms with Crippen LogP contribution in [0.25, 0.3) is 0 Å². The van der Waals surface area contributed by atoms with E-state index in [0.717, 1.165) is 6.26 Å². The lowest BCUT2D eigenvalue weighted by Crippen LogP contribution is -2.57. The van der Waals surface area contributed by atoms with Crippen molar-refractivity contribution < 1.29 is 31.5 Å². The summed E-state index contributed by atoms with van der Waals surface area (Å²) in [6, 6.07) is 0. The molecular formula is C11H20O7S. The Morgan fingerprint density at radius 2 is 1.74 bits per heavy atom. The van der Waals surface area contributed by atoms with E-state index in [1.807, 2.05) is 0 Å². The van der Waals surface area contributed by atoms with E-state index in [4.69, 9.17) is 23.1 Å². The summed E-state index contributed by atoms with van der Waals surface area (Å²) in [4.78, 5) is 0. The van der Waals surface area contributed by atoms with Crippen molar-refractivity contribution >= 4 is 10.1 Å². The fourth-order valence-electron chi connectivity index (χ4n) is 2.44. The molecule has 5 atom stereocenters. The van der Waals surface area contributed by atoms with E-state index in [1.54, 1.807) is 20.8 Å². The predicted molar refractivity (Wildman–Crippen MR) is 64.9 cm³/mol. The average Bonchev–Trinajstić information content (AvgIpc) is 2.56. The third-order valence-electron chi connectivity index (χ3n) is 3.09. The molecule has 2 aliphatic heterocycles. The van der Waals surface area contributed by atoms with Crippen LogP contribution < -0.4 is 0 Å². The van der Waals surface area contributed by atoms with E-state index in [-0.39, 0.29) is 0 Å². The summed E-state index contributed by atoms with van der Waals surface area (Å²) in [5, 5.41) is 0. The van der Waals surface area contributed by atoms with Gasteiger partial charge in [-0.2, -0.15) is 8.42 Å². The van der Waals surface area contributed by atoms with Crippen molar-refractivity contribution in [3.8, 4) is 0 Å². The quantitative estimate of drug-likeness (QED) is 0.690. The van der Waals surface area contributed by atoms with E-state index >= 15 is 0 Å². The third-order valence-corrected chi connectivity index (χ3v) is 3.66. The Kier molecular flexibility index (Phi) is 3.94. The Labute approximate surface area is 113 Å². The Balaban J connectivity index is 2.25. The first-order chi connectivity index (χ1) is 8.63. The molecule has 19 heavy (non-hydrogen) atoms. The highest BCUT2D eigenvalue weighted by Gasteiger charge is 2.55. The summed E-state index contributed by atoms with van der Waals surface area (Å²) in [5.74, 6) is -0.835. The van der Waals surface area contributed by atoms with Gasteiger partial charge in [-0.05, 0) is 20.8 Å². The summed E-state index contributed by atoms with van der Waals surface area (Å²) in [5.41, 5.74) is 0. The second kappa shape index (κ2) is 4.94. The molecule has 5 unspecified atom stereocenters. The van der Waals surface area contributed by atoms with Crippen molar-refractivity contribution in [3.05, 3.63) is 0 Å².